The SMILES string of the molecule is CCNCc1n[nH]c(C)c1S(=O)(=O)NCc1ncc[nH]1. The second-order valence-corrected chi connectivity index (χ2v) is 5.97. The molecular formula is C11H18N6O2S. The van der Waals surface area contributed by atoms with E-state index in [4.69, 9.17) is 0 Å². The Morgan fingerprint density at radius 2 is 2.15 bits per heavy atom. The van der Waals surface area contributed by atoms with Crippen molar-refractivity contribution in [2.45, 2.75) is 31.8 Å². The van der Waals surface area contributed by atoms with E-state index in [2.05, 4.69) is 30.2 Å². The van der Waals surface area contributed by atoms with Gasteiger partial charge in [-0.05, 0) is 13.5 Å². The van der Waals surface area contributed by atoms with Crippen molar-refractivity contribution in [2.24, 2.45) is 0 Å². The molecule has 0 saturated carbocycles. The topological polar surface area (TPSA) is 116 Å². The van der Waals surface area contributed by atoms with Crippen LogP contribution >= 0.6 is 0 Å². The molecule has 0 bridgehead atoms. The summed E-state index contributed by atoms with van der Waals surface area (Å²) in [5, 5.41) is 9.81. The van der Waals surface area contributed by atoms with Gasteiger partial charge in [-0.1, -0.05) is 6.92 Å². The average molecular weight is 298 g/mol. The van der Waals surface area contributed by atoms with Gasteiger partial charge in [0.2, 0.25) is 10.0 Å². The minimum Gasteiger partial charge on any atom is -0.347 e. The number of rotatable bonds is 7. The number of imidazole rings is 1. The highest BCUT2D eigenvalue weighted by Crippen LogP contribution is 2.17. The molecule has 0 aromatic carbocycles. The van der Waals surface area contributed by atoms with E-state index in [0.29, 0.717) is 23.8 Å². The van der Waals surface area contributed by atoms with Gasteiger partial charge in [-0.15, -0.1) is 0 Å². The van der Waals surface area contributed by atoms with Crippen LogP contribution in [0.2, 0.25) is 0 Å². The summed E-state index contributed by atoms with van der Waals surface area (Å²) in [6, 6.07) is 0. The number of H-pyrrole nitrogens is 2. The van der Waals surface area contributed by atoms with Crippen molar-refractivity contribution >= 4 is 10.0 Å². The quantitative estimate of drug-likeness (QED) is 0.575. The molecule has 2 aromatic heterocycles. The van der Waals surface area contributed by atoms with Crippen LogP contribution in [-0.2, 0) is 23.1 Å². The summed E-state index contributed by atoms with van der Waals surface area (Å²) >= 11 is 0. The lowest BCUT2D eigenvalue weighted by Gasteiger charge is -2.07. The zero-order valence-corrected chi connectivity index (χ0v) is 12.2. The number of hydrogen-bond donors (Lipinski definition) is 4. The number of hydrogen-bond acceptors (Lipinski definition) is 5. The summed E-state index contributed by atoms with van der Waals surface area (Å²) in [6.07, 6.45) is 3.21. The van der Waals surface area contributed by atoms with Crippen molar-refractivity contribution in [3.8, 4) is 0 Å². The molecule has 0 aliphatic carbocycles. The molecule has 0 aliphatic rings. The van der Waals surface area contributed by atoms with Crippen LogP contribution in [0.1, 0.15) is 24.1 Å². The third kappa shape index (κ3) is 3.24. The Kier molecular flexibility index (Phi) is 4.53. The molecule has 9 heteroatoms. The fourth-order valence-corrected chi connectivity index (χ4v) is 3.17. The van der Waals surface area contributed by atoms with Gasteiger partial charge in [0.25, 0.3) is 0 Å². The minimum absolute atomic E-state index is 0.112. The Bertz CT molecular complexity index is 647. The Balaban J connectivity index is 2.18. The molecule has 0 unspecified atom stereocenters. The summed E-state index contributed by atoms with van der Waals surface area (Å²) in [6.45, 7) is 4.89. The maximum atomic E-state index is 12.4. The zero-order valence-electron chi connectivity index (χ0n) is 11.4. The minimum atomic E-state index is -3.63. The van der Waals surface area contributed by atoms with Gasteiger partial charge in [0.15, 0.2) is 0 Å². The highest BCUT2D eigenvalue weighted by Gasteiger charge is 2.23. The van der Waals surface area contributed by atoms with Crippen LogP contribution < -0.4 is 10.0 Å². The largest absolute Gasteiger partial charge is 0.347 e. The van der Waals surface area contributed by atoms with Gasteiger partial charge >= 0.3 is 0 Å². The van der Waals surface area contributed by atoms with E-state index in [1.165, 1.54) is 0 Å². The van der Waals surface area contributed by atoms with Crippen LogP contribution in [-0.4, -0.2) is 35.1 Å². The Morgan fingerprint density at radius 3 is 2.80 bits per heavy atom. The molecule has 0 radical (unpaired) electrons. The summed E-state index contributed by atoms with van der Waals surface area (Å²) in [5.41, 5.74) is 1.00. The zero-order chi connectivity index (χ0) is 14.6. The molecule has 4 N–H and O–H groups in total. The van der Waals surface area contributed by atoms with Gasteiger partial charge in [0, 0.05) is 18.9 Å². The lowest BCUT2D eigenvalue weighted by atomic mass is 10.3. The third-order valence-electron chi connectivity index (χ3n) is 2.76. The van der Waals surface area contributed by atoms with Gasteiger partial charge in [0.1, 0.15) is 10.7 Å². The van der Waals surface area contributed by atoms with Gasteiger partial charge in [-0.2, -0.15) is 5.10 Å². The van der Waals surface area contributed by atoms with Crippen molar-refractivity contribution in [3.63, 3.8) is 0 Å². The van der Waals surface area contributed by atoms with Crippen molar-refractivity contribution < 1.29 is 8.42 Å². The maximum Gasteiger partial charge on any atom is 0.244 e. The Morgan fingerprint density at radius 1 is 1.35 bits per heavy atom. The molecule has 2 aromatic rings. The molecule has 2 heterocycles. The van der Waals surface area contributed by atoms with Crippen LogP contribution in [0.25, 0.3) is 0 Å². The summed E-state index contributed by atoms with van der Waals surface area (Å²) in [4.78, 5) is 7.02. The van der Waals surface area contributed by atoms with E-state index < -0.39 is 10.0 Å². The van der Waals surface area contributed by atoms with Crippen LogP contribution in [0.15, 0.2) is 17.3 Å². The van der Waals surface area contributed by atoms with Crippen LogP contribution in [0.5, 0.6) is 0 Å². The van der Waals surface area contributed by atoms with E-state index >= 15 is 0 Å². The number of aromatic amines is 2. The lowest BCUT2D eigenvalue weighted by molar-refractivity contribution is 0.576. The highest BCUT2D eigenvalue weighted by molar-refractivity contribution is 7.89. The molecule has 0 fully saturated rings. The first kappa shape index (κ1) is 14.7. The first-order chi connectivity index (χ1) is 9.54. The molecule has 0 atom stereocenters. The van der Waals surface area contributed by atoms with Crippen LogP contribution in [0, 0.1) is 6.92 Å². The fourth-order valence-electron chi connectivity index (χ4n) is 1.82. The molecule has 110 valence electrons. The summed E-state index contributed by atoms with van der Waals surface area (Å²) in [5.74, 6) is 0.558. The Labute approximate surface area is 117 Å². The summed E-state index contributed by atoms with van der Waals surface area (Å²) < 4.78 is 27.2. The predicted octanol–water partition coefficient (Wildman–Crippen LogP) is 0.0292. The van der Waals surface area contributed by atoms with Crippen molar-refractivity contribution in [2.75, 3.05) is 6.54 Å². The molecule has 0 amide bonds. The van der Waals surface area contributed by atoms with Gasteiger partial charge in [-0.3, -0.25) is 5.10 Å². The third-order valence-corrected chi connectivity index (χ3v) is 4.36. The monoisotopic (exact) mass is 298 g/mol. The van der Waals surface area contributed by atoms with E-state index in [1.54, 1.807) is 19.3 Å². The highest BCUT2D eigenvalue weighted by atomic mass is 32.2. The average Bonchev–Trinajstić information content (AvgIpc) is 3.03. The summed E-state index contributed by atoms with van der Waals surface area (Å²) in [7, 11) is -3.63. The van der Waals surface area contributed by atoms with E-state index in [0.717, 1.165) is 6.54 Å². The standard InChI is InChI=1S/C11H18N6O2S/c1-3-12-6-9-11(8(2)16-17-9)20(18,19)15-7-10-13-4-5-14-10/h4-5,12,15H,3,6-7H2,1-2H3,(H,13,14)(H,16,17). The van der Waals surface area contributed by atoms with Crippen molar-refractivity contribution in [1.82, 2.24) is 30.2 Å². The smallest absolute Gasteiger partial charge is 0.244 e. The number of nitrogens with zero attached hydrogens (tertiary/aromatic N) is 2. The van der Waals surface area contributed by atoms with Crippen molar-refractivity contribution in [3.05, 3.63) is 29.6 Å². The lowest BCUT2D eigenvalue weighted by Crippen LogP contribution is -2.26. The number of aryl methyl sites for hydroxylation is 1. The predicted molar refractivity (Wildman–Crippen MR) is 73.3 cm³/mol. The molecule has 0 spiro atoms. The second kappa shape index (κ2) is 6.16. The number of nitrogens with one attached hydrogen (secondary N) is 4. The fraction of sp³-hybridized carbons (Fsp3) is 0.455. The van der Waals surface area contributed by atoms with Crippen LogP contribution in [0.4, 0.5) is 0 Å². The molecule has 20 heavy (non-hydrogen) atoms. The van der Waals surface area contributed by atoms with Gasteiger partial charge in [0.05, 0.1) is 17.9 Å². The van der Waals surface area contributed by atoms with E-state index in [1.807, 2.05) is 6.92 Å². The number of aromatic nitrogens is 4. The molecule has 2 rings (SSSR count). The molecule has 8 nitrogen and oxygen atoms in total. The maximum absolute atomic E-state index is 12.4. The normalized spacial score (nSPS) is 11.9. The van der Waals surface area contributed by atoms with Gasteiger partial charge < -0.3 is 10.3 Å². The second-order valence-electron chi connectivity index (χ2n) is 4.27. The van der Waals surface area contributed by atoms with Crippen LogP contribution in [0.3, 0.4) is 0 Å². The first-order valence-corrected chi connectivity index (χ1v) is 7.75. The molecular weight excluding hydrogens is 280 g/mol. The van der Waals surface area contributed by atoms with E-state index in [-0.39, 0.29) is 11.4 Å². The van der Waals surface area contributed by atoms with Gasteiger partial charge in [-0.25, -0.2) is 18.1 Å². The van der Waals surface area contributed by atoms with E-state index in [9.17, 15) is 8.42 Å². The number of sulfonamides is 1. The first-order valence-electron chi connectivity index (χ1n) is 6.27. The van der Waals surface area contributed by atoms with Crippen molar-refractivity contribution in [1.29, 1.82) is 0 Å². The molecule has 0 aliphatic heterocycles. The molecule has 0 saturated heterocycles. The Hall–Kier alpha value is -1.71.